The highest BCUT2D eigenvalue weighted by molar-refractivity contribution is 5.90. The van der Waals surface area contributed by atoms with Gasteiger partial charge in [0.2, 0.25) is 5.91 Å². The number of hydrogen-bond acceptors (Lipinski definition) is 4. The molecule has 7 heteroatoms. The Balaban J connectivity index is 1.80. The highest BCUT2D eigenvalue weighted by Crippen LogP contribution is 2.35. The molecule has 1 amide bonds. The summed E-state index contributed by atoms with van der Waals surface area (Å²) in [7, 11) is 0. The van der Waals surface area contributed by atoms with Gasteiger partial charge in [-0.15, -0.1) is 0 Å². The predicted octanol–water partition coefficient (Wildman–Crippen LogP) is 2.09. The van der Waals surface area contributed by atoms with Crippen LogP contribution in [0.4, 0.5) is 8.78 Å². The van der Waals surface area contributed by atoms with E-state index in [9.17, 15) is 18.4 Å². The molecule has 1 N–H and O–H groups in total. The number of aromatic nitrogens is 2. The number of carbonyl (C=O) groups excluding carboxylic acids is 2. The molecule has 0 unspecified atom stereocenters. The molecule has 1 aliphatic rings. The Kier molecular flexibility index (Phi) is 4.83. The molecule has 2 atom stereocenters. The molecular formula is C18H17F2N3O2. The van der Waals surface area contributed by atoms with Gasteiger partial charge in [0.15, 0.2) is 0 Å². The van der Waals surface area contributed by atoms with Gasteiger partial charge in [-0.25, -0.2) is 18.7 Å². The Morgan fingerprint density at radius 2 is 1.88 bits per heavy atom. The Hall–Kier alpha value is -2.70. The smallest absolute Gasteiger partial charge is 0.224 e. The molecule has 25 heavy (non-hydrogen) atoms. The molecule has 2 heterocycles. The molecule has 0 bridgehead atoms. The van der Waals surface area contributed by atoms with Crippen molar-refractivity contribution in [3.05, 3.63) is 59.2 Å². The van der Waals surface area contributed by atoms with Crippen LogP contribution in [0.3, 0.4) is 0 Å². The van der Waals surface area contributed by atoms with Crippen molar-refractivity contribution < 1.29 is 18.4 Å². The van der Waals surface area contributed by atoms with Gasteiger partial charge in [-0.05, 0) is 30.2 Å². The third-order valence-electron chi connectivity index (χ3n) is 4.38. The van der Waals surface area contributed by atoms with Gasteiger partial charge in [0.05, 0.1) is 5.92 Å². The fourth-order valence-corrected chi connectivity index (χ4v) is 3.24. The van der Waals surface area contributed by atoms with Gasteiger partial charge >= 0.3 is 0 Å². The first-order valence-corrected chi connectivity index (χ1v) is 7.94. The summed E-state index contributed by atoms with van der Waals surface area (Å²) in [6.07, 6.45) is 4.40. The Morgan fingerprint density at radius 3 is 2.52 bits per heavy atom. The Morgan fingerprint density at radius 1 is 1.24 bits per heavy atom. The summed E-state index contributed by atoms with van der Waals surface area (Å²) in [5, 5.41) is 2.61. The van der Waals surface area contributed by atoms with Crippen molar-refractivity contribution in [2.75, 3.05) is 6.54 Å². The van der Waals surface area contributed by atoms with Gasteiger partial charge in [0, 0.05) is 43.3 Å². The number of rotatable bonds is 5. The Bertz CT molecular complexity index is 788. The van der Waals surface area contributed by atoms with Crippen molar-refractivity contribution in [3.8, 4) is 0 Å². The predicted molar refractivity (Wildman–Crippen MR) is 85.7 cm³/mol. The number of Topliss-reactive ketones (excluding diaryl/α,β-unsaturated/α-hetero) is 1. The maximum Gasteiger partial charge on any atom is 0.224 e. The second-order valence-electron chi connectivity index (χ2n) is 6.27. The minimum Gasteiger partial charge on any atom is -0.355 e. The molecule has 1 fully saturated rings. The number of ketones is 1. The van der Waals surface area contributed by atoms with E-state index in [0.717, 1.165) is 0 Å². The third-order valence-corrected chi connectivity index (χ3v) is 4.38. The van der Waals surface area contributed by atoms with E-state index < -0.39 is 23.5 Å². The fraction of sp³-hybridized carbons (Fsp3) is 0.333. The van der Waals surface area contributed by atoms with Crippen molar-refractivity contribution in [3.63, 3.8) is 0 Å². The standard InChI is InChI=1S/C18H17F2N3O2/c1-10-2-15(19)17(16(20)3-10)14-8-23-18(25)13(14)5-12(24)4-11-6-21-9-22-7-11/h2-3,6-7,9,13-14H,4-5,8H2,1H3,(H,23,25)/t13-,14+/m0/s1. The fourth-order valence-electron chi connectivity index (χ4n) is 3.24. The SMILES string of the molecule is Cc1cc(F)c([C@@H]2CNC(=O)[C@H]2CC(=O)Cc2cncnc2)c(F)c1. The minimum absolute atomic E-state index is 0.0796. The second-order valence-corrected chi connectivity index (χ2v) is 6.27. The molecule has 1 saturated heterocycles. The summed E-state index contributed by atoms with van der Waals surface area (Å²) >= 11 is 0. The van der Waals surface area contributed by atoms with Gasteiger partial charge < -0.3 is 5.32 Å². The molecule has 0 spiro atoms. The molecule has 2 aromatic rings. The van der Waals surface area contributed by atoms with Gasteiger partial charge in [-0.2, -0.15) is 0 Å². The zero-order valence-electron chi connectivity index (χ0n) is 13.6. The lowest BCUT2D eigenvalue weighted by Gasteiger charge is -2.18. The third kappa shape index (κ3) is 3.70. The summed E-state index contributed by atoms with van der Waals surface area (Å²) < 4.78 is 28.5. The molecule has 1 aromatic heterocycles. The number of nitrogens with one attached hydrogen (secondary N) is 1. The van der Waals surface area contributed by atoms with E-state index in [0.29, 0.717) is 11.1 Å². The first-order valence-electron chi connectivity index (χ1n) is 7.94. The quantitative estimate of drug-likeness (QED) is 0.901. The molecule has 1 aliphatic heterocycles. The molecular weight excluding hydrogens is 328 g/mol. The topological polar surface area (TPSA) is 72.0 Å². The van der Waals surface area contributed by atoms with E-state index in [1.54, 1.807) is 6.92 Å². The van der Waals surface area contributed by atoms with E-state index in [2.05, 4.69) is 15.3 Å². The molecule has 5 nitrogen and oxygen atoms in total. The largest absolute Gasteiger partial charge is 0.355 e. The van der Waals surface area contributed by atoms with Crippen LogP contribution in [0.15, 0.2) is 30.9 Å². The second kappa shape index (κ2) is 7.04. The Labute approximate surface area is 143 Å². The minimum atomic E-state index is -0.788. The molecule has 3 rings (SSSR count). The zero-order chi connectivity index (χ0) is 18.0. The van der Waals surface area contributed by atoms with Crippen molar-refractivity contribution in [2.45, 2.75) is 25.7 Å². The lowest BCUT2D eigenvalue weighted by Crippen LogP contribution is -2.23. The van der Waals surface area contributed by atoms with Gasteiger partial charge in [-0.3, -0.25) is 9.59 Å². The molecule has 130 valence electrons. The lowest BCUT2D eigenvalue weighted by atomic mass is 9.83. The zero-order valence-corrected chi connectivity index (χ0v) is 13.6. The van der Waals surface area contributed by atoms with Gasteiger partial charge in [-0.1, -0.05) is 0 Å². The highest BCUT2D eigenvalue weighted by atomic mass is 19.1. The van der Waals surface area contributed by atoms with Crippen molar-refractivity contribution in [1.82, 2.24) is 15.3 Å². The monoisotopic (exact) mass is 345 g/mol. The summed E-state index contributed by atoms with van der Waals surface area (Å²) in [5.41, 5.74) is 0.965. The van der Waals surface area contributed by atoms with Crippen LogP contribution in [-0.4, -0.2) is 28.2 Å². The first-order chi connectivity index (χ1) is 12.0. The van der Waals surface area contributed by atoms with Crippen molar-refractivity contribution >= 4 is 11.7 Å². The van der Waals surface area contributed by atoms with Crippen LogP contribution in [0.2, 0.25) is 0 Å². The maximum atomic E-state index is 14.3. The number of carbonyl (C=O) groups is 2. The number of benzene rings is 1. The van der Waals surface area contributed by atoms with E-state index >= 15 is 0 Å². The summed E-state index contributed by atoms with van der Waals surface area (Å²) in [4.78, 5) is 32.1. The number of amides is 1. The normalized spacial score (nSPS) is 19.7. The molecule has 1 aromatic carbocycles. The average molecular weight is 345 g/mol. The average Bonchev–Trinajstić information content (AvgIpc) is 2.88. The van der Waals surface area contributed by atoms with E-state index in [4.69, 9.17) is 0 Å². The number of halogens is 2. The van der Waals surface area contributed by atoms with Crippen LogP contribution in [0, 0.1) is 24.5 Å². The lowest BCUT2D eigenvalue weighted by molar-refractivity contribution is -0.127. The van der Waals surface area contributed by atoms with Crippen LogP contribution in [0.1, 0.15) is 29.0 Å². The van der Waals surface area contributed by atoms with Gasteiger partial charge in [0.1, 0.15) is 23.7 Å². The van der Waals surface area contributed by atoms with Crippen LogP contribution in [-0.2, 0) is 16.0 Å². The van der Waals surface area contributed by atoms with Crippen LogP contribution in [0.5, 0.6) is 0 Å². The van der Waals surface area contributed by atoms with E-state index in [-0.39, 0.29) is 36.6 Å². The molecule has 0 aliphatic carbocycles. The van der Waals surface area contributed by atoms with Crippen LogP contribution in [0.25, 0.3) is 0 Å². The van der Waals surface area contributed by atoms with E-state index in [1.807, 2.05) is 0 Å². The summed E-state index contributed by atoms with van der Waals surface area (Å²) in [6.45, 7) is 1.71. The number of hydrogen-bond donors (Lipinski definition) is 1. The molecule has 0 radical (unpaired) electrons. The summed E-state index contributed by atoms with van der Waals surface area (Å²) in [5.74, 6) is -3.43. The van der Waals surface area contributed by atoms with Crippen molar-refractivity contribution in [1.29, 1.82) is 0 Å². The van der Waals surface area contributed by atoms with Crippen molar-refractivity contribution in [2.24, 2.45) is 5.92 Å². The maximum absolute atomic E-state index is 14.3. The number of nitrogens with zero attached hydrogens (tertiary/aromatic N) is 2. The first kappa shape index (κ1) is 17.1. The van der Waals surface area contributed by atoms with Gasteiger partial charge in [0.25, 0.3) is 0 Å². The number of aryl methyl sites for hydroxylation is 1. The summed E-state index contributed by atoms with van der Waals surface area (Å²) in [6, 6.07) is 2.47. The molecule has 0 saturated carbocycles. The van der Waals surface area contributed by atoms with E-state index in [1.165, 1.54) is 30.9 Å². The van der Waals surface area contributed by atoms with Crippen LogP contribution >= 0.6 is 0 Å². The van der Waals surface area contributed by atoms with Crippen LogP contribution < -0.4 is 5.32 Å². The highest BCUT2D eigenvalue weighted by Gasteiger charge is 2.39.